The van der Waals surface area contributed by atoms with Crippen molar-refractivity contribution >= 4 is 21.6 Å². The first-order valence-corrected chi connectivity index (χ1v) is 11.7. The zero-order valence-corrected chi connectivity index (χ0v) is 19.6. The SMILES string of the molecule is C=CC1COC(c2ccc(-c3ccc4nc(C(F)(F)Oc5cc(F)c(F)c(F)c5)sc4c3)c(F)c2)OC1. The maximum atomic E-state index is 15.0. The summed E-state index contributed by atoms with van der Waals surface area (Å²) in [5.41, 5.74) is 1.31. The highest BCUT2D eigenvalue weighted by atomic mass is 32.1. The van der Waals surface area contributed by atoms with Gasteiger partial charge in [-0.05, 0) is 23.8 Å². The van der Waals surface area contributed by atoms with Crippen LogP contribution < -0.4 is 4.74 Å². The van der Waals surface area contributed by atoms with Gasteiger partial charge in [0.2, 0.25) is 5.01 Å². The van der Waals surface area contributed by atoms with Gasteiger partial charge in [-0.1, -0.05) is 24.3 Å². The molecule has 1 aliphatic rings. The van der Waals surface area contributed by atoms with E-state index in [1.807, 2.05) is 0 Å². The predicted molar refractivity (Wildman–Crippen MR) is 124 cm³/mol. The molecule has 0 unspecified atom stereocenters. The zero-order chi connectivity index (χ0) is 26.3. The summed E-state index contributed by atoms with van der Waals surface area (Å²) in [6.45, 7) is 4.50. The maximum Gasteiger partial charge on any atom is 0.454 e. The lowest BCUT2D eigenvalue weighted by molar-refractivity contribution is -0.197. The molecule has 1 aliphatic heterocycles. The number of ether oxygens (including phenoxy) is 3. The molecule has 0 aliphatic carbocycles. The van der Waals surface area contributed by atoms with E-state index in [0.717, 1.165) is 0 Å². The topological polar surface area (TPSA) is 40.6 Å². The molecule has 0 N–H and O–H groups in total. The van der Waals surface area contributed by atoms with Crippen molar-refractivity contribution in [1.29, 1.82) is 0 Å². The van der Waals surface area contributed by atoms with Crippen LogP contribution in [0.2, 0.25) is 0 Å². The first kappa shape index (κ1) is 25.2. The fraction of sp³-hybridized carbons (Fsp3) is 0.192. The Balaban J connectivity index is 1.39. The van der Waals surface area contributed by atoms with Crippen LogP contribution in [0.1, 0.15) is 16.9 Å². The number of thiazole rings is 1. The van der Waals surface area contributed by atoms with E-state index < -0.39 is 46.4 Å². The molecule has 4 nitrogen and oxygen atoms in total. The highest BCUT2D eigenvalue weighted by Gasteiger charge is 2.39. The highest BCUT2D eigenvalue weighted by Crippen LogP contribution is 2.39. The Morgan fingerprint density at radius 1 is 0.946 bits per heavy atom. The molecule has 11 heteroatoms. The number of alkyl halides is 2. The summed E-state index contributed by atoms with van der Waals surface area (Å²) in [5.74, 6) is -6.55. The van der Waals surface area contributed by atoms with Crippen LogP contribution in [-0.2, 0) is 15.6 Å². The van der Waals surface area contributed by atoms with Crippen LogP contribution in [0.25, 0.3) is 21.3 Å². The first-order chi connectivity index (χ1) is 17.6. The largest absolute Gasteiger partial charge is 0.454 e. The Hall–Kier alpha value is -3.41. The van der Waals surface area contributed by atoms with Gasteiger partial charge in [0.25, 0.3) is 0 Å². The maximum absolute atomic E-state index is 15.0. The van der Waals surface area contributed by atoms with Crippen LogP contribution in [0.3, 0.4) is 0 Å². The minimum Gasteiger partial charge on any atom is -0.427 e. The van der Waals surface area contributed by atoms with E-state index in [1.54, 1.807) is 12.1 Å². The van der Waals surface area contributed by atoms with Crippen molar-refractivity contribution in [2.24, 2.45) is 5.92 Å². The third kappa shape index (κ3) is 5.07. The zero-order valence-electron chi connectivity index (χ0n) is 18.8. The molecule has 5 rings (SSSR count). The van der Waals surface area contributed by atoms with Crippen LogP contribution in [0.5, 0.6) is 5.75 Å². The van der Waals surface area contributed by atoms with Crippen molar-refractivity contribution in [3.8, 4) is 16.9 Å². The molecule has 1 saturated heterocycles. The molecular weight excluding hydrogens is 520 g/mol. The van der Waals surface area contributed by atoms with Gasteiger partial charge in [-0.15, -0.1) is 17.9 Å². The number of aromatic nitrogens is 1. The average Bonchev–Trinajstić information content (AvgIpc) is 3.32. The molecular formula is C26H17F6NO3S. The minimum atomic E-state index is -4.07. The van der Waals surface area contributed by atoms with Gasteiger partial charge in [0.05, 0.1) is 23.4 Å². The van der Waals surface area contributed by atoms with Crippen molar-refractivity contribution in [2.75, 3.05) is 13.2 Å². The van der Waals surface area contributed by atoms with E-state index in [0.29, 0.717) is 52.5 Å². The normalized spacial score (nSPS) is 18.2. The number of halogens is 6. The Kier molecular flexibility index (Phi) is 6.69. The van der Waals surface area contributed by atoms with Crippen molar-refractivity contribution < 1.29 is 40.6 Å². The molecule has 0 atom stereocenters. The standard InChI is InChI=1S/C26H17F6NO3S/c1-2-13-11-34-24(35-12-13)15-3-5-17(18(27)7-15)14-4-6-21-22(8-14)37-25(33-21)26(31,32)36-16-9-19(28)23(30)20(29)10-16/h2-10,13,24H,1,11-12H2. The fourth-order valence-corrected chi connectivity index (χ4v) is 4.68. The van der Waals surface area contributed by atoms with Crippen molar-refractivity contribution in [3.05, 3.63) is 95.0 Å². The average molecular weight is 537 g/mol. The van der Waals surface area contributed by atoms with Gasteiger partial charge in [-0.2, -0.15) is 8.78 Å². The van der Waals surface area contributed by atoms with E-state index >= 15 is 0 Å². The summed E-state index contributed by atoms with van der Waals surface area (Å²) in [6, 6.07) is 9.56. The molecule has 2 heterocycles. The lowest BCUT2D eigenvalue weighted by atomic mass is 10.0. The van der Waals surface area contributed by atoms with Crippen LogP contribution in [0, 0.1) is 29.2 Å². The second-order valence-corrected chi connectivity index (χ2v) is 9.29. The van der Waals surface area contributed by atoms with Crippen molar-refractivity contribution in [2.45, 2.75) is 12.4 Å². The summed E-state index contributed by atoms with van der Waals surface area (Å²) in [6.07, 6.45) is -3.06. The molecule has 0 bridgehead atoms. The van der Waals surface area contributed by atoms with Gasteiger partial charge in [0.1, 0.15) is 11.6 Å². The Morgan fingerprint density at radius 2 is 1.65 bits per heavy atom. The summed E-state index contributed by atoms with van der Waals surface area (Å²) in [5, 5.41) is -0.801. The van der Waals surface area contributed by atoms with Crippen LogP contribution in [-0.4, -0.2) is 18.2 Å². The minimum absolute atomic E-state index is 0.0622. The third-order valence-corrected chi connectivity index (χ3v) is 6.74. The van der Waals surface area contributed by atoms with Gasteiger partial charge in [0, 0.05) is 29.2 Å². The first-order valence-electron chi connectivity index (χ1n) is 10.9. The number of rotatable bonds is 6. The molecule has 1 fully saturated rings. The number of hydrogen-bond acceptors (Lipinski definition) is 5. The smallest absolute Gasteiger partial charge is 0.427 e. The molecule has 37 heavy (non-hydrogen) atoms. The molecule has 0 amide bonds. The summed E-state index contributed by atoms with van der Waals surface area (Å²) in [7, 11) is 0. The molecule has 0 spiro atoms. The Bertz CT molecular complexity index is 1460. The second-order valence-electron chi connectivity index (χ2n) is 8.25. The predicted octanol–water partition coefficient (Wildman–Crippen LogP) is 7.50. The van der Waals surface area contributed by atoms with Crippen LogP contribution in [0.15, 0.2) is 61.2 Å². The van der Waals surface area contributed by atoms with Gasteiger partial charge < -0.3 is 14.2 Å². The van der Waals surface area contributed by atoms with Gasteiger partial charge in [0.15, 0.2) is 23.7 Å². The third-order valence-electron chi connectivity index (χ3n) is 5.67. The summed E-state index contributed by atoms with van der Waals surface area (Å²) < 4.78 is 100. The number of benzene rings is 3. The fourth-order valence-electron chi connectivity index (χ4n) is 3.76. The Morgan fingerprint density at radius 3 is 2.30 bits per heavy atom. The Labute approximate surface area is 210 Å². The quantitative estimate of drug-likeness (QED) is 0.145. The van der Waals surface area contributed by atoms with E-state index in [4.69, 9.17) is 9.47 Å². The molecule has 3 aromatic carbocycles. The highest BCUT2D eigenvalue weighted by molar-refractivity contribution is 7.18. The summed E-state index contributed by atoms with van der Waals surface area (Å²) >= 11 is 0.560. The van der Waals surface area contributed by atoms with Crippen molar-refractivity contribution in [1.82, 2.24) is 4.98 Å². The van der Waals surface area contributed by atoms with Crippen LogP contribution in [0.4, 0.5) is 26.3 Å². The van der Waals surface area contributed by atoms with Gasteiger partial charge in [-0.3, -0.25) is 0 Å². The van der Waals surface area contributed by atoms with Crippen LogP contribution >= 0.6 is 11.3 Å². The number of hydrogen-bond donors (Lipinski definition) is 0. The second kappa shape index (κ2) is 9.81. The molecule has 192 valence electrons. The molecule has 0 radical (unpaired) electrons. The molecule has 1 aromatic heterocycles. The van der Waals surface area contributed by atoms with Gasteiger partial charge in [-0.25, -0.2) is 22.5 Å². The lowest BCUT2D eigenvalue weighted by Crippen LogP contribution is -2.25. The monoisotopic (exact) mass is 537 g/mol. The molecule has 0 saturated carbocycles. The summed E-state index contributed by atoms with van der Waals surface area (Å²) in [4.78, 5) is 3.84. The number of nitrogens with zero attached hydrogens (tertiary/aromatic N) is 1. The van der Waals surface area contributed by atoms with E-state index in [9.17, 15) is 26.3 Å². The molecule has 4 aromatic rings. The van der Waals surface area contributed by atoms with E-state index in [1.165, 1.54) is 30.3 Å². The lowest BCUT2D eigenvalue weighted by Gasteiger charge is -2.28. The van der Waals surface area contributed by atoms with E-state index in [2.05, 4.69) is 16.3 Å². The van der Waals surface area contributed by atoms with Crippen molar-refractivity contribution in [3.63, 3.8) is 0 Å². The number of fused-ring (bicyclic) bond motifs is 1. The van der Waals surface area contributed by atoms with E-state index in [-0.39, 0.29) is 17.0 Å². The van der Waals surface area contributed by atoms with Gasteiger partial charge >= 0.3 is 6.11 Å².